The topological polar surface area (TPSA) is 82.9 Å². The highest BCUT2D eigenvalue weighted by Gasteiger charge is 2.81. The molecule has 3 fully saturated rings. The zero-order valence-electron chi connectivity index (χ0n) is 17.5. The molecule has 6 atom stereocenters. The van der Waals surface area contributed by atoms with Gasteiger partial charge in [0.25, 0.3) is 5.19 Å². The molecular formula is C21H25F2N5O2S. The van der Waals surface area contributed by atoms with Crippen molar-refractivity contribution >= 4 is 22.7 Å². The molecule has 2 aliphatic heterocycles. The summed E-state index contributed by atoms with van der Waals surface area (Å²) < 4.78 is 34.8. The Morgan fingerprint density at radius 3 is 2.94 bits per heavy atom. The highest BCUT2D eigenvalue weighted by atomic mass is 32.1. The predicted molar refractivity (Wildman–Crippen MR) is 115 cm³/mol. The molecule has 31 heavy (non-hydrogen) atoms. The van der Waals surface area contributed by atoms with Crippen LogP contribution in [0, 0.1) is 5.92 Å². The Labute approximate surface area is 183 Å². The second kappa shape index (κ2) is 7.37. The van der Waals surface area contributed by atoms with E-state index >= 15 is 0 Å². The third-order valence-corrected chi connectivity index (χ3v) is 7.71. The zero-order chi connectivity index (χ0) is 21.9. The van der Waals surface area contributed by atoms with Gasteiger partial charge in [-0.3, -0.25) is 10.3 Å². The van der Waals surface area contributed by atoms with E-state index in [0.717, 1.165) is 12.1 Å². The SMILES string of the molecule is CC/C(C)=N\Nc1ccc(-c2nnc(OC3CC4C5C(F)C5(F)C(C3)N4C)s2)c(O)c1. The molecule has 3 heterocycles. The highest BCUT2D eigenvalue weighted by molar-refractivity contribution is 7.16. The van der Waals surface area contributed by atoms with E-state index in [0.29, 0.717) is 34.3 Å². The summed E-state index contributed by atoms with van der Waals surface area (Å²) in [7, 11) is 1.87. The standard InChI is InChI=1S/C21H25F2N5O2S/c1-4-10(2)24-25-11-5-6-13(15(29)7-11)19-26-27-20(31-19)30-12-8-14-17-18(22)21(17,23)16(9-12)28(14)3/h5-7,12,14,16-18,25,29H,4,8-9H2,1-3H3/b24-10-. The number of aromatic hydroxyl groups is 1. The molecule has 1 aromatic carbocycles. The highest BCUT2D eigenvalue weighted by Crippen LogP contribution is 2.65. The number of nitrogens with zero attached hydrogens (tertiary/aromatic N) is 4. The average Bonchev–Trinajstić information content (AvgIpc) is 3.01. The van der Waals surface area contributed by atoms with Crippen molar-refractivity contribution in [1.82, 2.24) is 15.1 Å². The van der Waals surface area contributed by atoms with Gasteiger partial charge in [-0.2, -0.15) is 5.10 Å². The number of fused-ring (bicyclic) bond motifs is 5. The summed E-state index contributed by atoms with van der Waals surface area (Å²) in [6.45, 7) is 3.94. The van der Waals surface area contributed by atoms with Crippen LogP contribution in [0.15, 0.2) is 23.3 Å². The van der Waals surface area contributed by atoms with Crippen LogP contribution in [0.2, 0.25) is 0 Å². The third-order valence-electron chi connectivity index (χ3n) is 6.86. The fourth-order valence-electron chi connectivity index (χ4n) is 4.95. The van der Waals surface area contributed by atoms with Gasteiger partial charge in [-0.25, -0.2) is 8.78 Å². The Balaban J connectivity index is 1.26. The van der Waals surface area contributed by atoms with E-state index in [1.807, 2.05) is 25.8 Å². The molecule has 0 radical (unpaired) electrons. The maximum absolute atomic E-state index is 14.9. The van der Waals surface area contributed by atoms with Crippen molar-refractivity contribution < 1.29 is 18.6 Å². The van der Waals surface area contributed by atoms with Crippen molar-refractivity contribution in [3.8, 4) is 21.5 Å². The lowest BCUT2D eigenvalue weighted by molar-refractivity contribution is 0.0127. The Bertz CT molecular complexity index is 1030. The van der Waals surface area contributed by atoms with E-state index in [4.69, 9.17) is 4.74 Å². The van der Waals surface area contributed by atoms with Crippen LogP contribution in [-0.2, 0) is 0 Å². The normalized spacial score (nSPS) is 34.5. The van der Waals surface area contributed by atoms with Crippen molar-refractivity contribution in [3.63, 3.8) is 0 Å². The summed E-state index contributed by atoms with van der Waals surface area (Å²) in [5.74, 6) is -0.474. The lowest BCUT2D eigenvalue weighted by atomic mass is 9.95. The molecule has 2 saturated heterocycles. The van der Waals surface area contributed by atoms with Crippen molar-refractivity contribution in [2.24, 2.45) is 11.0 Å². The number of phenols is 1. The molecule has 2 aromatic rings. The van der Waals surface area contributed by atoms with Gasteiger partial charge in [0, 0.05) is 36.6 Å². The number of hydrogen-bond acceptors (Lipinski definition) is 8. The van der Waals surface area contributed by atoms with E-state index in [1.165, 1.54) is 11.3 Å². The van der Waals surface area contributed by atoms with Gasteiger partial charge in [-0.05, 0) is 32.5 Å². The lowest BCUT2D eigenvalue weighted by Gasteiger charge is -2.39. The van der Waals surface area contributed by atoms with Gasteiger partial charge >= 0.3 is 0 Å². The Hall–Kier alpha value is -2.33. The van der Waals surface area contributed by atoms with Gasteiger partial charge in [0.2, 0.25) is 0 Å². The van der Waals surface area contributed by atoms with Crippen molar-refractivity contribution in [3.05, 3.63) is 18.2 Å². The first-order chi connectivity index (χ1) is 14.8. The van der Waals surface area contributed by atoms with Crippen LogP contribution in [0.1, 0.15) is 33.1 Å². The summed E-state index contributed by atoms with van der Waals surface area (Å²) in [6, 6.07) is 4.54. The number of ether oxygens (including phenoxy) is 1. The molecule has 3 aliphatic rings. The van der Waals surface area contributed by atoms with Crippen LogP contribution in [0.4, 0.5) is 14.5 Å². The summed E-state index contributed by atoms with van der Waals surface area (Å²) in [5, 5.41) is 23.8. The fraction of sp³-hybridized carbons (Fsp3) is 0.571. The summed E-state index contributed by atoms with van der Waals surface area (Å²) in [5.41, 5.74) is 3.36. The van der Waals surface area contributed by atoms with Gasteiger partial charge in [-0.15, -0.1) is 5.10 Å². The molecule has 1 aromatic heterocycles. The van der Waals surface area contributed by atoms with Crippen LogP contribution >= 0.6 is 11.3 Å². The number of anilines is 1. The van der Waals surface area contributed by atoms with Crippen LogP contribution in [-0.4, -0.2) is 63.0 Å². The van der Waals surface area contributed by atoms with Crippen molar-refractivity contribution in [1.29, 1.82) is 0 Å². The molecule has 0 amide bonds. The quantitative estimate of drug-likeness (QED) is 0.512. The van der Waals surface area contributed by atoms with Gasteiger partial charge in [0.1, 0.15) is 18.0 Å². The van der Waals surface area contributed by atoms with E-state index in [9.17, 15) is 13.9 Å². The molecular weight excluding hydrogens is 424 g/mol. The molecule has 5 rings (SSSR count). The van der Waals surface area contributed by atoms with Crippen LogP contribution in [0.25, 0.3) is 10.6 Å². The van der Waals surface area contributed by atoms with Crippen molar-refractivity contribution in [2.75, 3.05) is 12.5 Å². The number of phenolic OH excluding ortho intramolecular Hbond substituents is 1. The summed E-state index contributed by atoms with van der Waals surface area (Å²) in [6.07, 6.45) is 0.273. The second-order valence-corrected chi connectivity index (χ2v) is 9.57. The number of hydrazone groups is 1. The molecule has 7 nitrogen and oxygen atoms in total. The maximum atomic E-state index is 14.9. The van der Waals surface area contributed by atoms with Gasteiger partial charge in [0.15, 0.2) is 10.7 Å². The molecule has 2 N–H and O–H groups in total. The van der Waals surface area contributed by atoms with Crippen molar-refractivity contribution in [2.45, 2.75) is 63.1 Å². The van der Waals surface area contributed by atoms with Gasteiger partial charge < -0.3 is 9.84 Å². The number of benzene rings is 1. The smallest absolute Gasteiger partial charge is 0.294 e. The minimum atomic E-state index is -1.72. The number of rotatable bonds is 6. The zero-order valence-corrected chi connectivity index (χ0v) is 18.4. The first-order valence-electron chi connectivity index (χ1n) is 10.5. The first-order valence-corrected chi connectivity index (χ1v) is 11.3. The molecule has 0 spiro atoms. The first kappa shape index (κ1) is 20.6. The van der Waals surface area contributed by atoms with E-state index in [1.54, 1.807) is 18.2 Å². The number of alkyl halides is 2. The number of aromatic nitrogens is 2. The van der Waals surface area contributed by atoms with Crippen LogP contribution in [0.5, 0.6) is 10.9 Å². The minimum absolute atomic E-state index is 0.0582. The molecule has 2 bridgehead atoms. The molecule has 1 aliphatic carbocycles. The second-order valence-electron chi connectivity index (χ2n) is 8.63. The van der Waals surface area contributed by atoms with E-state index in [2.05, 4.69) is 20.7 Å². The molecule has 166 valence electrons. The van der Waals surface area contributed by atoms with Gasteiger partial charge in [-0.1, -0.05) is 23.4 Å². The van der Waals surface area contributed by atoms with Crippen LogP contribution in [0.3, 0.4) is 0 Å². The monoisotopic (exact) mass is 449 g/mol. The lowest BCUT2D eigenvalue weighted by Crippen LogP contribution is -2.50. The number of hydrogen-bond donors (Lipinski definition) is 2. The Kier molecular flexibility index (Phi) is 4.89. The van der Waals surface area contributed by atoms with E-state index < -0.39 is 23.8 Å². The van der Waals surface area contributed by atoms with Gasteiger partial charge in [0.05, 0.1) is 17.3 Å². The Morgan fingerprint density at radius 1 is 1.42 bits per heavy atom. The van der Waals surface area contributed by atoms with E-state index in [-0.39, 0.29) is 17.9 Å². The predicted octanol–water partition coefficient (Wildman–Crippen LogP) is 4.01. The average molecular weight is 450 g/mol. The molecule has 6 unspecified atom stereocenters. The summed E-state index contributed by atoms with van der Waals surface area (Å²) in [4.78, 5) is 1.96. The number of piperidine rings is 2. The molecule has 10 heteroatoms. The fourth-order valence-corrected chi connectivity index (χ4v) is 5.75. The minimum Gasteiger partial charge on any atom is -0.507 e. The largest absolute Gasteiger partial charge is 0.507 e. The number of nitrogens with one attached hydrogen (secondary N) is 1. The number of halogens is 2. The maximum Gasteiger partial charge on any atom is 0.294 e. The Morgan fingerprint density at radius 2 is 2.23 bits per heavy atom. The molecule has 1 saturated carbocycles. The van der Waals surface area contributed by atoms with Crippen LogP contribution < -0.4 is 10.2 Å². The summed E-state index contributed by atoms with van der Waals surface area (Å²) >= 11 is 1.22. The third kappa shape index (κ3) is 3.27.